The molecule has 0 unspecified atom stereocenters. The third-order valence-electron chi connectivity index (χ3n) is 6.06. The number of guanidine groups is 1. The van der Waals surface area contributed by atoms with Gasteiger partial charge in [-0.25, -0.2) is 21.8 Å². The smallest absolute Gasteiger partial charge is 0.215 e. The predicted molar refractivity (Wildman–Crippen MR) is 127 cm³/mol. The van der Waals surface area contributed by atoms with Gasteiger partial charge in [0.15, 0.2) is 0 Å². The molecule has 8 N–H and O–H groups in total. The highest BCUT2D eigenvalue weighted by Gasteiger charge is 2.24. The van der Waals surface area contributed by atoms with Gasteiger partial charge in [-0.3, -0.25) is 0 Å². The molecule has 2 saturated carbocycles. The van der Waals surface area contributed by atoms with Gasteiger partial charge in [-0.1, -0.05) is 6.42 Å². The number of nitrogens with two attached hydrogens (primary N) is 4. The average Bonchev–Trinajstić information content (AvgIpc) is 3.57. The second kappa shape index (κ2) is 10.7. The van der Waals surface area contributed by atoms with E-state index >= 15 is 0 Å². The molecule has 32 heavy (non-hydrogen) atoms. The molecule has 0 saturated heterocycles. The molecule has 0 aliphatic heterocycles. The lowest BCUT2D eigenvalue weighted by Gasteiger charge is -2.25. The van der Waals surface area contributed by atoms with E-state index in [0.29, 0.717) is 29.0 Å². The van der Waals surface area contributed by atoms with Gasteiger partial charge < -0.3 is 26.1 Å². The van der Waals surface area contributed by atoms with Gasteiger partial charge in [-0.15, -0.1) is 5.10 Å². The lowest BCUT2D eigenvalue weighted by molar-refractivity contribution is 0.153. The van der Waals surface area contributed by atoms with Crippen LogP contribution in [0.3, 0.4) is 0 Å². The Bertz CT molecular complexity index is 829. The van der Waals surface area contributed by atoms with Crippen molar-refractivity contribution in [2.75, 3.05) is 27.2 Å². The molecule has 1 aromatic heterocycles. The van der Waals surface area contributed by atoms with Crippen molar-refractivity contribution in [2.24, 2.45) is 34.2 Å². The Labute approximate surface area is 191 Å². The monoisotopic (exact) mass is 445 g/mol. The number of hydrazone groups is 1. The number of nitrogens with zero attached hydrogens (tertiary/aromatic N) is 5. The summed E-state index contributed by atoms with van der Waals surface area (Å²) in [5, 5.41) is 6.95. The molecular formula is C22H39N9O. The Hall–Kier alpha value is -2.72. The minimum atomic E-state index is 0.178. The number of hydrogen-bond donors (Lipinski definition) is 4. The summed E-state index contributed by atoms with van der Waals surface area (Å²) in [5.41, 5.74) is 14.9. The molecule has 3 rings (SSSR count). The zero-order valence-corrected chi connectivity index (χ0v) is 19.6. The van der Waals surface area contributed by atoms with Gasteiger partial charge in [0.2, 0.25) is 5.96 Å². The van der Waals surface area contributed by atoms with Gasteiger partial charge in [0.1, 0.15) is 5.75 Å². The third kappa shape index (κ3) is 6.64. The number of rotatable bonds is 9. The summed E-state index contributed by atoms with van der Waals surface area (Å²) >= 11 is 0. The highest BCUT2D eigenvalue weighted by molar-refractivity contribution is 5.77. The summed E-state index contributed by atoms with van der Waals surface area (Å²) in [5.74, 6) is 14.0. The van der Waals surface area contributed by atoms with E-state index in [1.807, 2.05) is 31.0 Å². The molecule has 10 nitrogen and oxygen atoms in total. The highest BCUT2D eigenvalue weighted by Crippen LogP contribution is 2.29. The molecule has 2 fully saturated rings. The van der Waals surface area contributed by atoms with Crippen LogP contribution in [0.15, 0.2) is 22.9 Å². The maximum Gasteiger partial charge on any atom is 0.215 e. The first kappa shape index (κ1) is 23.9. The number of hydrazine groups is 2. The SMILES string of the molecule is Cc1nc(/C(N)=C(\CN(N)/N=C(\N)N(C)CC2CC2)N(C)N)ccc1OC1CCCCC1. The van der Waals surface area contributed by atoms with Gasteiger partial charge in [0.05, 0.1) is 35.4 Å². The quantitative estimate of drug-likeness (QED) is 0.191. The van der Waals surface area contributed by atoms with Crippen LogP contribution < -0.4 is 27.9 Å². The van der Waals surface area contributed by atoms with E-state index in [9.17, 15) is 0 Å². The minimum absolute atomic E-state index is 0.178. The summed E-state index contributed by atoms with van der Waals surface area (Å²) in [6.07, 6.45) is 8.66. The molecule has 0 aromatic carbocycles. The fourth-order valence-corrected chi connectivity index (χ4v) is 3.90. The van der Waals surface area contributed by atoms with Crippen LogP contribution in [0.2, 0.25) is 0 Å². The van der Waals surface area contributed by atoms with Crippen LogP contribution in [0.1, 0.15) is 56.3 Å². The Morgan fingerprint density at radius 1 is 1.09 bits per heavy atom. The van der Waals surface area contributed by atoms with E-state index in [-0.39, 0.29) is 12.6 Å². The van der Waals surface area contributed by atoms with Crippen molar-refractivity contribution in [1.29, 1.82) is 0 Å². The molecule has 0 spiro atoms. The molecule has 1 aromatic rings. The first-order chi connectivity index (χ1) is 15.2. The molecule has 2 aliphatic rings. The van der Waals surface area contributed by atoms with Gasteiger partial charge in [-0.2, -0.15) is 0 Å². The molecule has 0 bridgehead atoms. The number of hydrogen-bond acceptors (Lipinski definition) is 8. The average molecular weight is 446 g/mol. The van der Waals surface area contributed by atoms with E-state index in [0.717, 1.165) is 30.8 Å². The predicted octanol–water partition coefficient (Wildman–Crippen LogP) is 1.28. The molecule has 0 atom stereocenters. The number of likely N-dealkylation sites (N-methyl/N-ethyl adjacent to an activating group) is 1. The molecular weight excluding hydrogens is 406 g/mol. The van der Waals surface area contributed by atoms with Crippen LogP contribution in [0, 0.1) is 12.8 Å². The zero-order chi connectivity index (χ0) is 23.3. The minimum Gasteiger partial charge on any atom is -0.489 e. The zero-order valence-electron chi connectivity index (χ0n) is 19.6. The van der Waals surface area contributed by atoms with Crippen LogP contribution >= 0.6 is 0 Å². The van der Waals surface area contributed by atoms with Gasteiger partial charge in [-0.05, 0) is 63.5 Å². The number of aromatic nitrogens is 1. The van der Waals surface area contributed by atoms with Gasteiger partial charge >= 0.3 is 0 Å². The third-order valence-corrected chi connectivity index (χ3v) is 6.06. The molecule has 0 radical (unpaired) electrons. The summed E-state index contributed by atoms with van der Waals surface area (Å²) in [7, 11) is 3.62. The van der Waals surface area contributed by atoms with Crippen molar-refractivity contribution in [1.82, 2.24) is 20.0 Å². The first-order valence-electron chi connectivity index (χ1n) is 11.4. The van der Waals surface area contributed by atoms with E-state index in [4.69, 9.17) is 27.9 Å². The second-order valence-electron chi connectivity index (χ2n) is 9.01. The fraction of sp³-hybridized carbons (Fsp3) is 0.636. The van der Waals surface area contributed by atoms with Crippen LogP contribution in [-0.4, -0.2) is 59.3 Å². The van der Waals surface area contributed by atoms with E-state index < -0.39 is 0 Å². The van der Waals surface area contributed by atoms with Crippen molar-refractivity contribution >= 4 is 11.7 Å². The fourth-order valence-electron chi connectivity index (χ4n) is 3.90. The standard InChI is InChI=1S/C22H39N9O/c1-15-20(32-17-7-5-4-6-8-17)12-11-18(27-15)21(23)19(30(3)25)14-31(26)28-22(24)29(2)13-16-9-10-16/h11-12,16-17H,4-10,13-14,23,25-26H2,1-3H3,(H2,24,28)/b21-19-. The topological polar surface area (TPSA) is 148 Å². The number of pyridine rings is 1. The van der Waals surface area contributed by atoms with Crippen LogP contribution in [-0.2, 0) is 0 Å². The largest absolute Gasteiger partial charge is 0.489 e. The maximum atomic E-state index is 6.44. The highest BCUT2D eigenvalue weighted by atomic mass is 16.5. The number of aryl methyl sites for hydroxylation is 1. The first-order valence-corrected chi connectivity index (χ1v) is 11.4. The van der Waals surface area contributed by atoms with Crippen LogP contribution in [0.4, 0.5) is 0 Å². The Morgan fingerprint density at radius 2 is 1.78 bits per heavy atom. The maximum absolute atomic E-state index is 6.44. The van der Waals surface area contributed by atoms with Gasteiger partial charge in [0.25, 0.3) is 0 Å². The van der Waals surface area contributed by atoms with Crippen molar-refractivity contribution in [2.45, 2.75) is 58.0 Å². The summed E-state index contributed by atoms with van der Waals surface area (Å²) in [6, 6.07) is 3.78. The van der Waals surface area contributed by atoms with E-state index in [1.165, 1.54) is 42.2 Å². The van der Waals surface area contributed by atoms with E-state index in [2.05, 4.69) is 10.1 Å². The Kier molecular flexibility index (Phi) is 8.03. The lowest BCUT2D eigenvalue weighted by atomic mass is 9.98. The van der Waals surface area contributed by atoms with Crippen LogP contribution in [0.25, 0.3) is 5.70 Å². The molecule has 1 heterocycles. The summed E-state index contributed by atoms with van der Waals surface area (Å²) in [6.45, 7) is 2.98. The van der Waals surface area contributed by atoms with Crippen molar-refractivity contribution < 1.29 is 4.74 Å². The molecule has 10 heteroatoms. The van der Waals surface area contributed by atoms with Crippen molar-refractivity contribution in [3.05, 3.63) is 29.2 Å². The molecule has 178 valence electrons. The Balaban J connectivity index is 1.71. The van der Waals surface area contributed by atoms with Gasteiger partial charge in [0, 0.05) is 20.6 Å². The summed E-state index contributed by atoms with van der Waals surface area (Å²) in [4.78, 5) is 6.57. The van der Waals surface area contributed by atoms with Crippen molar-refractivity contribution in [3.8, 4) is 5.75 Å². The Morgan fingerprint density at radius 3 is 2.38 bits per heavy atom. The second-order valence-corrected chi connectivity index (χ2v) is 9.01. The molecule has 0 amide bonds. The summed E-state index contributed by atoms with van der Waals surface area (Å²) < 4.78 is 6.17. The number of ether oxygens (including phenoxy) is 1. The lowest BCUT2D eigenvalue weighted by Crippen LogP contribution is -2.42. The van der Waals surface area contributed by atoms with Crippen molar-refractivity contribution in [3.63, 3.8) is 0 Å². The molecule has 2 aliphatic carbocycles. The van der Waals surface area contributed by atoms with Crippen LogP contribution in [0.5, 0.6) is 5.75 Å². The van der Waals surface area contributed by atoms with E-state index in [1.54, 1.807) is 7.05 Å². The normalized spacial score (nSPS) is 18.2.